The van der Waals surface area contributed by atoms with Crippen molar-refractivity contribution in [2.45, 2.75) is 26.3 Å². The second-order valence-electron chi connectivity index (χ2n) is 4.82. The topological polar surface area (TPSA) is 15.3 Å². The van der Waals surface area contributed by atoms with E-state index in [0.29, 0.717) is 0 Å². The van der Waals surface area contributed by atoms with Gasteiger partial charge < -0.3 is 10.2 Å². The molecule has 2 heteroatoms. The summed E-state index contributed by atoms with van der Waals surface area (Å²) in [5.74, 6) is 0. The van der Waals surface area contributed by atoms with Crippen molar-refractivity contribution >= 4 is 11.4 Å². The van der Waals surface area contributed by atoms with Gasteiger partial charge >= 0.3 is 0 Å². The quantitative estimate of drug-likeness (QED) is 0.775. The third kappa shape index (κ3) is 3.29. The van der Waals surface area contributed by atoms with Gasteiger partial charge in [0.25, 0.3) is 0 Å². The summed E-state index contributed by atoms with van der Waals surface area (Å²) in [4.78, 5) is 2.10. The lowest BCUT2D eigenvalue weighted by Crippen LogP contribution is -2.25. The number of anilines is 2. The van der Waals surface area contributed by atoms with E-state index < -0.39 is 0 Å². The molecule has 0 atom stereocenters. The molecule has 0 aliphatic carbocycles. The highest BCUT2D eigenvalue weighted by Gasteiger charge is 2.08. The van der Waals surface area contributed by atoms with Crippen molar-refractivity contribution in [3.05, 3.63) is 24.3 Å². The molecule has 0 aromatic heterocycles. The Hall–Kier alpha value is -1.18. The van der Waals surface area contributed by atoms with Crippen LogP contribution in [-0.4, -0.2) is 19.6 Å². The van der Waals surface area contributed by atoms with Gasteiger partial charge in [-0.15, -0.1) is 0 Å². The minimum absolute atomic E-state index is 0.125. The third-order valence-corrected chi connectivity index (χ3v) is 1.90. The van der Waals surface area contributed by atoms with Gasteiger partial charge in [0.1, 0.15) is 0 Å². The fourth-order valence-electron chi connectivity index (χ4n) is 1.28. The molecule has 78 valence electrons. The average Bonchev–Trinajstić information content (AvgIpc) is 2.02. The molecule has 0 radical (unpaired) electrons. The smallest absolute Gasteiger partial charge is 0.0362 e. The average molecular weight is 192 g/mol. The summed E-state index contributed by atoms with van der Waals surface area (Å²) < 4.78 is 0. The lowest BCUT2D eigenvalue weighted by Gasteiger charge is -2.22. The molecule has 0 saturated carbocycles. The maximum Gasteiger partial charge on any atom is 0.0362 e. The van der Waals surface area contributed by atoms with Gasteiger partial charge in [0.2, 0.25) is 0 Å². The van der Waals surface area contributed by atoms with E-state index in [4.69, 9.17) is 0 Å². The molecule has 1 rings (SSSR count). The van der Waals surface area contributed by atoms with Crippen LogP contribution < -0.4 is 10.2 Å². The summed E-state index contributed by atoms with van der Waals surface area (Å²) in [5.41, 5.74) is 2.52. The zero-order valence-corrected chi connectivity index (χ0v) is 9.76. The lowest BCUT2D eigenvalue weighted by atomic mass is 10.1. The Kier molecular flexibility index (Phi) is 3.04. The Morgan fingerprint density at radius 1 is 1.00 bits per heavy atom. The Morgan fingerprint density at radius 2 is 1.50 bits per heavy atom. The number of nitrogens with zero attached hydrogens (tertiary/aromatic N) is 1. The molecule has 0 aliphatic heterocycles. The van der Waals surface area contributed by atoms with Crippen LogP contribution in [-0.2, 0) is 0 Å². The van der Waals surface area contributed by atoms with Crippen LogP contribution >= 0.6 is 0 Å². The van der Waals surface area contributed by atoms with Crippen LogP contribution in [0.4, 0.5) is 11.4 Å². The molecule has 14 heavy (non-hydrogen) atoms. The fourth-order valence-corrected chi connectivity index (χ4v) is 1.28. The molecule has 0 spiro atoms. The standard InChI is InChI=1S/C12H20N2/c1-12(2,3)13-10-6-8-11(9-7-10)14(4)5/h6-9,13H,1-5H3. The predicted molar refractivity (Wildman–Crippen MR) is 64.1 cm³/mol. The minimum atomic E-state index is 0.125. The number of hydrogen-bond acceptors (Lipinski definition) is 2. The minimum Gasteiger partial charge on any atom is -0.380 e. The van der Waals surface area contributed by atoms with E-state index in [0.717, 1.165) is 0 Å². The first-order valence-electron chi connectivity index (χ1n) is 4.94. The van der Waals surface area contributed by atoms with Crippen LogP contribution in [0.25, 0.3) is 0 Å². The summed E-state index contributed by atoms with van der Waals surface area (Å²) in [5, 5.41) is 3.43. The Balaban J connectivity index is 2.74. The third-order valence-electron chi connectivity index (χ3n) is 1.90. The first kappa shape index (κ1) is 10.9. The van der Waals surface area contributed by atoms with Gasteiger partial charge in [-0.1, -0.05) is 0 Å². The Morgan fingerprint density at radius 3 is 1.86 bits per heavy atom. The molecule has 0 saturated heterocycles. The number of benzene rings is 1. The molecule has 1 aromatic rings. The zero-order chi connectivity index (χ0) is 10.8. The van der Waals surface area contributed by atoms with E-state index >= 15 is 0 Å². The number of hydrogen-bond donors (Lipinski definition) is 1. The zero-order valence-electron chi connectivity index (χ0n) is 9.76. The van der Waals surface area contributed by atoms with Gasteiger partial charge in [-0.25, -0.2) is 0 Å². The van der Waals surface area contributed by atoms with E-state index in [9.17, 15) is 0 Å². The van der Waals surface area contributed by atoms with Crippen LogP contribution in [0.5, 0.6) is 0 Å². The Labute approximate surface area is 86.9 Å². The highest BCUT2D eigenvalue weighted by Crippen LogP contribution is 2.18. The molecule has 0 amide bonds. The van der Waals surface area contributed by atoms with Crippen molar-refractivity contribution in [1.29, 1.82) is 0 Å². The van der Waals surface area contributed by atoms with E-state index in [1.54, 1.807) is 0 Å². The summed E-state index contributed by atoms with van der Waals surface area (Å²) in [6, 6.07) is 8.46. The van der Waals surface area contributed by atoms with Crippen LogP contribution in [0.15, 0.2) is 24.3 Å². The largest absolute Gasteiger partial charge is 0.380 e. The van der Waals surface area contributed by atoms with Gasteiger partial charge in [-0.05, 0) is 45.0 Å². The fraction of sp³-hybridized carbons (Fsp3) is 0.500. The van der Waals surface area contributed by atoms with Crippen LogP contribution in [0.2, 0.25) is 0 Å². The predicted octanol–water partition coefficient (Wildman–Crippen LogP) is 2.96. The molecular weight excluding hydrogens is 172 g/mol. The molecule has 0 bridgehead atoms. The van der Waals surface area contributed by atoms with Crippen molar-refractivity contribution < 1.29 is 0 Å². The van der Waals surface area contributed by atoms with E-state index in [1.165, 1.54) is 11.4 Å². The molecule has 1 N–H and O–H groups in total. The van der Waals surface area contributed by atoms with Gasteiger partial charge in [0.15, 0.2) is 0 Å². The van der Waals surface area contributed by atoms with Crippen molar-refractivity contribution in [3.8, 4) is 0 Å². The summed E-state index contributed by atoms with van der Waals surface area (Å²) >= 11 is 0. The highest BCUT2D eigenvalue weighted by molar-refractivity contribution is 5.55. The second-order valence-corrected chi connectivity index (χ2v) is 4.82. The number of nitrogens with one attached hydrogen (secondary N) is 1. The molecular formula is C12H20N2. The van der Waals surface area contributed by atoms with Crippen LogP contribution in [0.3, 0.4) is 0 Å². The van der Waals surface area contributed by atoms with E-state index in [2.05, 4.69) is 55.3 Å². The monoisotopic (exact) mass is 192 g/mol. The Bertz CT molecular complexity index is 280. The maximum absolute atomic E-state index is 3.43. The number of rotatable bonds is 2. The molecule has 0 heterocycles. The molecule has 2 nitrogen and oxygen atoms in total. The van der Waals surface area contributed by atoms with Gasteiger partial charge in [-0.2, -0.15) is 0 Å². The summed E-state index contributed by atoms with van der Waals surface area (Å²) in [6.07, 6.45) is 0. The van der Waals surface area contributed by atoms with Crippen molar-refractivity contribution in [2.24, 2.45) is 0 Å². The summed E-state index contributed by atoms with van der Waals surface area (Å²) in [7, 11) is 4.10. The highest BCUT2D eigenvalue weighted by atomic mass is 15.1. The second kappa shape index (κ2) is 3.91. The SMILES string of the molecule is CN(C)c1ccc(NC(C)(C)C)cc1. The molecule has 0 fully saturated rings. The normalized spacial score (nSPS) is 11.2. The van der Waals surface area contributed by atoms with Gasteiger partial charge in [0, 0.05) is 31.0 Å². The van der Waals surface area contributed by atoms with E-state index in [-0.39, 0.29) is 5.54 Å². The molecule has 0 unspecified atom stereocenters. The van der Waals surface area contributed by atoms with Crippen LogP contribution in [0, 0.1) is 0 Å². The molecule has 0 aliphatic rings. The van der Waals surface area contributed by atoms with Crippen molar-refractivity contribution in [3.63, 3.8) is 0 Å². The van der Waals surface area contributed by atoms with Crippen molar-refractivity contribution in [1.82, 2.24) is 0 Å². The van der Waals surface area contributed by atoms with Crippen LogP contribution in [0.1, 0.15) is 20.8 Å². The summed E-state index contributed by atoms with van der Waals surface area (Å²) in [6.45, 7) is 6.48. The van der Waals surface area contributed by atoms with Gasteiger partial charge in [0.05, 0.1) is 0 Å². The van der Waals surface area contributed by atoms with E-state index in [1.807, 2.05) is 14.1 Å². The van der Waals surface area contributed by atoms with Gasteiger partial charge in [-0.3, -0.25) is 0 Å². The lowest BCUT2D eigenvalue weighted by molar-refractivity contribution is 0.634. The first-order chi connectivity index (χ1) is 6.38. The molecule has 1 aromatic carbocycles. The maximum atomic E-state index is 3.43. The van der Waals surface area contributed by atoms with Crippen molar-refractivity contribution in [2.75, 3.05) is 24.3 Å². The first-order valence-corrected chi connectivity index (χ1v) is 4.94.